The average Bonchev–Trinajstić information content (AvgIpc) is 3.02. The van der Waals surface area contributed by atoms with E-state index in [0.29, 0.717) is 11.4 Å². The molecule has 1 aromatic rings. The third-order valence-corrected chi connectivity index (χ3v) is 6.60. The quantitative estimate of drug-likeness (QED) is 0.340. The number of carbonyl (C=O) groups is 1. The summed E-state index contributed by atoms with van der Waals surface area (Å²) < 4.78 is 28.4. The van der Waals surface area contributed by atoms with E-state index in [-0.39, 0.29) is 40.9 Å². The van der Waals surface area contributed by atoms with Crippen molar-refractivity contribution in [2.45, 2.75) is 68.2 Å². The number of aliphatic carboxylic acids is 1. The molecule has 0 amide bonds. The first-order valence-corrected chi connectivity index (χ1v) is 10.9. The third kappa shape index (κ3) is 8.26. The van der Waals surface area contributed by atoms with Crippen LogP contribution in [0.5, 0.6) is 0 Å². The molecule has 2 N–H and O–H groups in total. The number of hydrogen-bond donors (Lipinski definition) is 2. The normalized spacial score (nSPS) is 16.3. The van der Waals surface area contributed by atoms with Crippen LogP contribution >= 0.6 is 11.6 Å². The molecule has 1 aliphatic rings. The van der Waals surface area contributed by atoms with E-state index in [0.717, 1.165) is 44.9 Å². The minimum atomic E-state index is -3.58. The summed E-state index contributed by atoms with van der Waals surface area (Å²) in [6.07, 6.45) is 10.8. The monoisotopic (exact) mass is 423 g/mol. The second kappa shape index (κ2) is 11.6. The van der Waals surface area contributed by atoms with Crippen molar-refractivity contribution >= 4 is 57.2 Å². The van der Waals surface area contributed by atoms with Crippen molar-refractivity contribution in [2.24, 2.45) is 0 Å². The molecule has 0 spiro atoms. The van der Waals surface area contributed by atoms with Gasteiger partial charge in [0.25, 0.3) is 0 Å². The van der Waals surface area contributed by atoms with Crippen LogP contribution in [0, 0.1) is 0 Å². The molecule has 0 radical (unpaired) electrons. The average molecular weight is 424 g/mol. The fraction of sp³-hybridized carbons (Fsp3) is 0.526. The van der Waals surface area contributed by atoms with Crippen LogP contribution in [0.4, 0.5) is 0 Å². The Morgan fingerprint density at radius 1 is 1.15 bits per heavy atom. The summed E-state index contributed by atoms with van der Waals surface area (Å²) in [5, 5.41) is 9.12. The van der Waals surface area contributed by atoms with E-state index in [1.54, 1.807) is 12.1 Å². The maximum absolute atomic E-state index is 12.7. The second-order valence-corrected chi connectivity index (χ2v) is 8.96. The molecule has 0 heterocycles. The Bertz CT molecular complexity index is 729. The molecule has 0 saturated heterocycles. The van der Waals surface area contributed by atoms with Crippen LogP contribution in [0.1, 0.15) is 57.8 Å². The first-order chi connectivity index (χ1) is 12.3. The molecule has 1 saturated carbocycles. The molecular formula is C19H27ClNNaO4S. The SMILES string of the molecule is O=C(O)CCC/C=C\CCC1(NS(=O)(=O)c2ccc(Cl)cc2)CCCC1.[NaH]. The first kappa shape index (κ1) is 24.7. The Labute approximate surface area is 188 Å². The maximum atomic E-state index is 12.7. The first-order valence-electron chi connectivity index (χ1n) is 8.99. The number of carboxylic acids is 1. The van der Waals surface area contributed by atoms with Gasteiger partial charge in [-0.15, -0.1) is 0 Å². The Hall–Kier alpha value is -0.370. The molecular weight excluding hydrogens is 397 g/mol. The third-order valence-electron chi connectivity index (χ3n) is 4.75. The van der Waals surface area contributed by atoms with Crippen molar-refractivity contribution in [3.05, 3.63) is 41.4 Å². The Balaban J connectivity index is 0.00000364. The van der Waals surface area contributed by atoms with E-state index in [9.17, 15) is 13.2 Å². The number of benzene rings is 1. The molecule has 0 atom stereocenters. The standard InChI is InChI=1S/C19H26ClNO4S.Na.H/c20-16-9-11-17(12-10-16)26(24,25)21-19(14-6-7-15-19)13-5-3-1-2-4-8-18(22)23;;/h1,3,9-12,21H,2,4-8,13-15H2,(H,22,23);;/b3-1-;;. The van der Waals surface area contributed by atoms with Crippen LogP contribution in [0.25, 0.3) is 0 Å². The molecule has 2 rings (SSSR count). The zero-order chi connectivity index (χ0) is 19.0. The van der Waals surface area contributed by atoms with Gasteiger partial charge < -0.3 is 5.11 Å². The molecule has 146 valence electrons. The molecule has 5 nitrogen and oxygen atoms in total. The predicted molar refractivity (Wildman–Crippen MR) is 110 cm³/mol. The molecule has 8 heteroatoms. The molecule has 1 aliphatic carbocycles. The van der Waals surface area contributed by atoms with Crippen LogP contribution in [-0.4, -0.2) is 54.6 Å². The Morgan fingerprint density at radius 2 is 1.74 bits per heavy atom. The van der Waals surface area contributed by atoms with Gasteiger partial charge in [0.15, 0.2) is 0 Å². The number of hydrogen-bond acceptors (Lipinski definition) is 3. The van der Waals surface area contributed by atoms with E-state index < -0.39 is 21.5 Å². The Kier molecular flexibility index (Phi) is 10.6. The number of unbranched alkanes of at least 4 members (excludes halogenated alkanes) is 1. The van der Waals surface area contributed by atoms with Crippen molar-refractivity contribution in [1.29, 1.82) is 0 Å². The van der Waals surface area contributed by atoms with E-state index in [1.807, 2.05) is 12.2 Å². The summed E-state index contributed by atoms with van der Waals surface area (Å²) in [6, 6.07) is 6.21. The van der Waals surface area contributed by atoms with Crippen LogP contribution in [0.2, 0.25) is 5.02 Å². The van der Waals surface area contributed by atoms with Gasteiger partial charge in [-0.25, -0.2) is 13.1 Å². The molecule has 0 aliphatic heterocycles. The minimum absolute atomic E-state index is 0. The zero-order valence-corrected chi connectivity index (χ0v) is 16.4. The summed E-state index contributed by atoms with van der Waals surface area (Å²) in [5.74, 6) is -0.778. The van der Waals surface area contributed by atoms with Gasteiger partial charge in [-0.1, -0.05) is 36.6 Å². The summed E-state index contributed by atoms with van der Waals surface area (Å²) in [6.45, 7) is 0. The van der Waals surface area contributed by atoms with E-state index in [4.69, 9.17) is 16.7 Å². The summed E-state index contributed by atoms with van der Waals surface area (Å²) in [5.41, 5.74) is -0.399. The van der Waals surface area contributed by atoms with Crippen molar-refractivity contribution < 1.29 is 18.3 Å². The topological polar surface area (TPSA) is 83.5 Å². The van der Waals surface area contributed by atoms with Crippen molar-refractivity contribution in [3.63, 3.8) is 0 Å². The summed E-state index contributed by atoms with van der Waals surface area (Å²) >= 11 is 5.84. The van der Waals surface area contributed by atoms with Gasteiger partial charge in [0.2, 0.25) is 10.0 Å². The van der Waals surface area contributed by atoms with Gasteiger partial charge in [-0.05, 0) is 62.8 Å². The van der Waals surface area contributed by atoms with Crippen molar-refractivity contribution in [1.82, 2.24) is 4.72 Å². The van der Waals surface area contributed by atoms with Crippen LogP contribution in [0.3, 0.4) is 0 Å². The Morgan fingerprint density at radius 3 is 2.33 bits per heavy atom. The molecule has 1 aromatic carbocycles. The molecule has 1 fully saturated rings. The fourth-order valence-electron chi connectivity index (χ4n) is 3.38. The number of carboxylic acid groups (broad SMARTS) is 1. The second-order valence-electron chi connectivity index (χ2n) is 6.84. The fourth-order valence-corrected chi connectivity index (χ4v) is 4.99. The molecule has 0 aromatic heterocycles. The summed E-state index contributed by atoms with van der Waals surface area (Å²) in [7, 11) is -3.58. The molecule has 27 heavy (non-hydrogen) atoms. The number of allylic oxidation sites excluding steroid dienone is 2. The number of halogens is 1. The van der Waals surface area contributed by atoms with E-state index in [1.165, 1.54) is 12.1 Å². The van der Waals surface area contributed by atoms with E-state index in [2.05, 4.69) is 4.72 Å². The van der Waals surface area contributed by atoms with Gasteiger partial charge in [0.1, 0.15) is 0 Å². The van der Waals surface area contributed by atoms with Crippen molar-refractivity contribution in [3.8, 4) is 0 Å². The van der Waals surface area contributed by atoms with Gasteiger partial charge in [-0.2, -0.15) is 0 Å². The van der Waals surface area contributed by atoms with Gasteiger partial charge >= 0.3 is 35.5 Å². The van der Waals surface area contributed by atoms with Gasteiger partial charge in [0, 0.05) is 17.0 Å². The van der Waals surface area contributed by atoms with Gasteiger partial charge in [-0.3, -0.25) is 4.79 Å². The molecule has 0 bridgehead atoms. The predicted octanol–water partition coefficient (Wildman–Crippen LogP) is 3.87. The number of rotatable bonds is 10. The van der Waals surface area contributed by atoms with Crippen LogP contribution in [0.15, 0.2) is 41.3 Å². The van der Waals surface area contributed by atoms with Gasteiger partial charge in [0.05, 0.1) is 4.90 Å². The zero-order valence-electron chi connectivity index (χ0n) is 14.8. The number of nitrogens with one attached hydrogen (secondary N) is 1. The van der Waals surface area contributed by atoms with E-state index >= 15 is 0 Å². The van der Waals surface area contributed by atoms with Crippen LogP contribution in [-0.2, 0) is 14.8 Å². The summed E-state index contributed by atoms with van der Waals surface area (Å²) in [4.78, 5) is 10.7. The van der Waals surface area contributed by atoms with Crippen molar-refractivity contribution in [2.75, 3.05) is 0 Å². The molecule has 0 unspecified atom stereocenters. The van der Waals surface area contributed by atoms with Crippen LogP contribution < -0.4 is 4.72 Å². The number of sulfonamides is 1.